The predicted octanol–water partition coefficient (Wildman–Crippen LogP) is 3.24. The summed E-state index contributed by atoms with van der Waals surface area (Å²) in [5.74, 6) is 0. The summed E-state index contributed by atoms with van der Waals surface area (Å²) in [6.45, 7) is 0. The Balaban J connectivity index is 3.03. The van der Waals surface area contributed by atoms with Crippen LogP contribution in [0.25, 0.3) is 6.08 Å². The molecule has 0 aliphatic rings. The molecule has 0 N–H and O–H groups in total. The summed E-state index contributed by atoms with van der Waals surface area (Å²) in [4.78, 5) is 0. The van der Waals surface area contributed by atoms with Gasteiger partial charge in [-0.1, -0.05) is 12.1 Å². The lowest BCUT2D eigenvalue weighted by Crippen LogP contribution is -2.04. The molecule has 0 unspecified atom stereocenters. The first kappa shape index (κ1) is 10.3. The van der Waals surface area contributed by atoms with E-state index in [1.54, 1.807) is 6.07 Å². The third kappa shape index (κ3) is 2.63. The standard InChI is InChI=1S/C10H6F3N/c11-10(12,13)9-5-1-3-8(7-9)4-2-6-14/h1-5,7H. The minimum Gasteiger partial charge on any atom is -0.193 e. The first-order valence-electron chi connectivity index (χ1n) is 3.77. The van der Waals surface area contributed by atoms with Gasteiger partial charge in [-0.25, -0.2) is 0 Å². The molecule has 0 spiro atoms. The molecule has 4 heteroatoms. The maximum absolute atomic E-state index is 12.2. The number of nitrogens with zero attached hydrogens (tertiary/aromatic N) is 1. The van der Waals surface area contributed by atoms with E-state index in [2.05, 4.69) is 0 Å². The van der Waals surface area contributed by atoms with Crippen LogP contribution in [0.2, 0.25) is 0 Å². The molecule has 0 heterocycles. The predicted molar refractivity (Wildman–Crippen MR) is 46.1 cm³/mol. The van der Waals surface area contributed by atoms with E-state index in [0.29, 0.717) is 5.56 Å². The molecule has 0 saturated carbocycles. The third-order valence-electron chi connectivity index (χ3n) is 1.56. The zero-order chi connectivity index (χ0) is 10.6. The normalized spacial score (nSPS) is 11.6. The number of hydrogen-bond acceptors (Lipinski definition) is 1. The molecule has 1 aromatic rings. The van der Waals surface area contributed by atoms with E-state index < -0.39 is 11.7 Å². The summed E-state index contributed by atoms with van der Waals surface area (Å²) in [5.41, 5.74) is -0.348. The SMILES string of the molecule is N#CC=Cc1cccc(C(F)(F)F)c1. The molecule has 0 aliphatic carbocycles. The number of alkyl halides is 3. The molecule has 0 amide bonds. The van der Waals surface area contributed by atoms with Crippen LogP contribution in [0.1, 0.15) is 11.1 Å². The molecule has 0 saturated heterocycles. The summed E-state index contributed by atoms with van der Waals surface area (Å²) in [6, 6.07) is 6.50. The van der Waals surface area contributed by atoms with Crippen LogP contribution in [-0.4, -0.2) is 0 Å². The van der Waals surface area contributed by atoms with Crippen LogP contribution in [0.5, 0.6) is 0 Å². The summed E-state index contributed by atoms with van der Waals surface area (Å²) in [6.07, 6.45) is -1.87. The van der Waals surface area contributed by atoms with Gasteiger partial charge in [-0.2, -0.15) is 18.4 Å². The topological polar surface area (TPSA) is 23.8 Å². The second-order valence-corrected chi connectivity index (χ2v) is 2.59. The lowest BCUT2D eigenvalue weighted by molar-refractivity contribution is -0.137. The number of allylic oxidation sites excluding steroid dienone is 1. The van der Waals surface area contributed by atoms with Gasteiger partial charge in [0.1, 0.15) is 0 Å². The van der Waals surface area contributed by atoms with Gasteiger partial charge in [0.2, 0.25) is 0 Å². The van der Waals surface area contributed by atoms with Gasteiger partial charge in [0.05, 0.1) is 11.6 Å². The summed E-state index contributed by atoms with van der Waals surface area (Å²) in [7, 11) is 0. The molecule has 1 rings (SSSR count). The second kappa shape index (κ2) is 3.97. The van der Waals surface area contributed by atoms with Crippen molar-refractivity contribution in [3.05, 3.63) is 41.5 Å². The van der Waals surface area contributed by atoms with Crippen molar-refractivity contribution in [1.82, 2.24) is 0 Å². The Bertz CT molecular complexity index is 385. The number of benzene rings is 1. The Morgan fingerprint density at radius 3 is 2.57 bits per heavy atom. The van der Waals surface area contributed by atoms with Crippen LogP contribution in [0.15, 0.2) is 30.3 Å². The largest absolute Gasteiger partial charge is 0.416 e. The van der Waals surface area contributed by atoms with E-state index in [9.17, 15) is 13.2 Å². The Morgan fingerprint density at radius 1 is 1.29 bits per heavy atom. The van der Waals surface area contributed by atoms with Crippen molar-refractivity contribution in [3.8, 4) is 6.07 Å². The van der Waals surface area contributed by atoms with Gasteiger partial charge < -0.3 is 0 Å². The van der Waals surface area contributed by atoms with Crippen LogP contribution in [0.3, 0.4) is 0 Å². The molecule has 14 heavy (non-hydrogen) atoms. The Kier molecular flexibility index (Phi) is 2.92. The van der Waals surface area contributed by atoms with Gasteiger partial charge >= 0.3 is 6.18 Å². The van der Waals surface area contributed by atoms with Gasteiger partial charge in [0, 0.05) is 6.08 Å². The van der Waals surface area contributed by atoms with Crippen molar-refractivity contribution < 1.29 is 13.2 Å². The van der Waals surface area contributed by atoms with Crippen LogP contribution in [0, 0.1) is 11.3 Å². The molecular formula is C10H6F3N. The van der Waals surface area contributed by atoms with Crippen LogP contribution in [-0.2, 0) is 6.18 Å². The van der Waals surface area contributed by atoms with E-state index in [4.69, 9.17) is 5.26 Å². The quantitative estimate of drug-likeness (QED) is 0.634. The number of nitriles is 1. The molecule has 72 valence electrons. The zero-order valence-electron chi connectivity index (χ0n) is 7.05. The third-order valence-corrected chi connectivity index (χ3v) is 1.56. The second-order valence-electron chi connectivity index (χ2n) is 2.59. The molecule has 1 aromatic carbocycles. The molecule has 1 nitrogen and oxygen atoms in total. The van der Waals surface area contributed by atoms with E-state index in [-0.39, 0.29) is 0 Å². The molecular weight excluding hydrogens is 191 g/mol. The van der Waals surface area contributed by atoms with Crippen molar-refractivity contribution in [2.75, 3.05) is 0 Å². The van der Waals surface area contributed by atoms with Crippen molar-refractivity contribution >= 4 is 6.08 Å². The summed E-state index contributed by atoms with van der Waals surface area (Å²) < 4.78 is 36.6. The molecule has 0 atom stereocenters. The van der Waals surface area contributed by atoms with Crippen molar-refractivity contribution in [2.45, 2.75) is 6.18 Å². The zero-order valence-corrected chi connectivity index (χ0v) is 7.05. The minimum atomic E-state index is -4.34. The first-order valence-corrected chi connectivity index (χ1v) is 3.77. The van der Waals surface area contributed by atoms with Gasteiger partial charge in [-0.15, -0.1) is 0 Å². The number of hydrogen-bond donors (Lipinski definition) is 0. The van der Waals surface area contributed by atoms with Crippen LogP contribution < -0.4 is 0 Å². The maximum Gasteiger partial charge on any atom is 0.416 e. The van der Waals surface area contributed by atoms with E-state index in [1.165, 1.54) is 18.2 Å². The fourth-order valence-electron chi connectivity index (χ4n) is 0.952. The molecule has 0 radical (unpaired) electrons. The van der Waals surface area contributed by atoms with Crippen molar-refractivity contribution in [1.29, 1.82) is 5.26 Å². The van der Waals surface area contributed by atoms with Gasteiger partial charge in [-0.05, 0) is 23.8 Å². The monoisotopic (exact) mass is 197 g/mol. The van der Waals surface area contributed by atoms with E-state index >= 15 is 0 Å². The molecule has 0 aliphatic heterocycles. The van der Waals surface area contributed by atoms with Gasteiger partial charge in [0.25, 0.3) is 0 Å². The van der Waals surface area contributed by atoms with Gasteiger partial charge in [-0.3, -0.25) is 0 Å². The molecule has 0 bridgehead atoms. The maximum atomic E-state index is 12.2. The number of halogens is 3. The Hall–Kier alpha value is -1.76. The highest BCUT2D eigenvalue weighted by Crippen LogP contribution is 2.29. The highest BCUT2D eigenvalue weighted by atomic mass is 19.4. The molecule has 0 aromatic heterocycles. The lowest BCUT2D eigenvalue weighted by Gasteiger charge is -2.06. The van der Waals surface area contributed by atoms with Crippen molar-refractivity contribution in [3.63, 3.8) is 0 Å². The average Bonchev–Trinajstić information content (AvgIpc) is 2.14. The van der Waals surface area contributed by atoms with E-state index in [1.807, 2.05) is 0 Å². The van der Waals surface area contributed by atoms with Gasteiger partial charge in [0.15, 0.2) is 0 Å². The lowest BCUT2D eigenvalue weighted by atomic mass is 10.1. The van der Waals surface area contributed by atoms with Crippen molar-refractivity contribution in [2.24, 2.45) is 0 Å². The van der Waals surface area contributed by atoms with Crippen LogP contribution >= 0.6 is 0 Å². The van der Waals surface area contributed by atoms with Crippen LogP contribution in [0.4, 0.5) is 13.2 Å². The number of rotatable bonds is 1. The first-order chi connectivity index (χ1) is 6.54. The van der Waals surface area contributed by atoms with E-state index in [0.717, 1.165) is 18.2 Å². The average molecular weight is 197 g/mol. The highest BCUT2D eigenvalue weighted by Gasteiger charge is 2.30. The molecule has 0 fully saturated rings. The Morgan fingerprint density at radius 2 is 2.00 bits per heavy atom. The fraction of sp³-hybridized carbons (Fsp3) is 0.100. The fourth-order valence-corrected chi connectivity index (χ4v) is 0.952. The Labute approximate surface area is 79.1 Å². The highest BCUT2D eigenvalue weighted by molar-refractivity contribution is 5.52. The smallest absolute Gasteiger partial charge is 0.193 e. The summed E-state index contributed by atoms with van der Waals surface area (Å²) in [5, 5.41) is 8.20. The minimum absolute atomic E-state index is 0.362. The summed E-state index contributed by atoms with van der Waals surface area (Å²) >= 11 is 0.